The van der Waals surface area contributed by atoms with E-state index in [1.54, 1.807) is 46.9 Å². The summed E-state index contributed by atoms with van der Waals surface area (Å²) in [5.74, 6) is 0.836. The Kier molecular flexibility index (Phi) is 6.57. The summed E-state index contributed by atoms with van der Waals surface area (Å²) in [6.45, 7) is 5.00. The fourth-order valence-electron chi connectivity index (χ4n) is 4.35. The lowest BCUT2D eigenvalue weighted by molar-refractivity contribution is 0.102. The molecule has 1 unspecified atom stereocenters. The number of hydrogen-bond acceptors (Lipinski definition) is 5. The zero-order valence-corrected chi connectivity index (χ0v) is 18.8. The van der Waals surface area contributed by atoms with Crippen LogP contribution in [0.5, 0.6) is 0 Å². The largest absolute Gasteiger partial charge is 0.356 e. The van der Waals surface area contributed by atoms with E-state index in [2.05, 4.69) is 22.1 Å². The van der Waals surface area contributed by atoms with Crippen LogP contribution in [0.2, 0.25) is 0 Å². The lowest BCUT2D eigenvalue weighted by Gasteiger charge is -2.30. The molecular weight excluding hydrogens is 412 g/mol. The molecule has 1 amide bonds. The molecule has 166 valence electrons. The highest BCUT2D eigenvalue weighted by atomic mass is 32.2. The maximum absolute atomic E-state index is 12.9. The number of nitrogens with one attached hydrogen (secondary N) is 1. The summed E-state index contributed by atoms with van der Waals surface area (Å²) in [6, 6.07) is 9.97. The molecule has 0 spiro atoms. The van der Waals surface area contributed by atoms with Crippen molar-refractivity contribution in [3.63, 3.8) is 0 Å². The molecule has 1 N–H and O–H groups in total. The first-order chi connectivity index (χ1) is 14.9. The van der Waals surface area contributed by atoms with Crippen molar-refractivity contribution in [3.8, 4) is 0 Å². The highest BCUT2D eigenvalue weighted by Crippen LogP contribution is 2.26. The summed E-state index contributed by atoms with van der Waals surface area (Å²) < 4.78 is 27.4. The van der Waals surface area contributed by atoms with Gasteiger partial charge >= 0.3 is 0 Å². The number of piperidine rings is 2. The number of amides is 1. The van der Waals surface area contributed by atoms with Gasteiger partial charge in [0.25, 0.3) is 5.91 Å². The molecule has 2 saturated heterocycles. The number of pyridine rings is 1. The Balaban J connectivity index is 1.48. The number of benzene rings is 1. The van der Waals surface area contributed by atoms with E-state index in [4.69, 9.17) is 0 Å². The summed E-state index contributed by atoms with van der Waals surface area (Å²) in [5, 5.41) is 2.89. The predicted molar refractivity (Wildman–Crippen MR) is 122 cm³/mol. The number of sulfonamides is 1. The van der Waals surface area contributed by atoms with E-state index in [0.717, 1.165) is 38.8 Å². The van der Waals surface area contributed by atoms with Crippen LogP contribution in [0.15, 0.2) is 47.5 Å². The van der Waals surface area contributed by atoms with Crippen LogP contribution in [0.4, 0.5) is 11.5 Å². The van der Waals surface area contributed by atoms with Crippen LogP contribution in [0.3, 0.4) is 0 Å². The van der Waals surface area contributed by atoms with Gasteiger partial charge < -0.3 is 10.2 Å². The van der Waals surface area contributed by atoms with Gasteiger partial charge in [0.1, 0.15) is 5.82 Å². The summed E-state index contributed by atoms with van der Waals surface area (Å²) in [5.41, 5.74) is 1.09. The molecule has 7 nitrogen and oxygen atoms in total. The Hall–Kier alpha value is -2.45. The van der Waals surface area contributed by atoms with Gasteiger partial charge in [0.2, 0.25) is 10.0 Å². The Morgan fingerprint density at radius 2 is 1.77 bits per heavy atom. The number of nitrogens with zero attached hydrogens (tertiary/aromatic N) is 3. The molecule has 3 heterocycles. The van der Waals surface area contributed by atoms with Crippen molar-refractivity contribution in [2.24, 2.45) is 5.92 Å². The number of anilines is 2. The molecular formula is C23H30N4O3S. The fraction of sp³-hybridized carbons (Fsp3) is 0.478. The van der Waals surface area contributed by atoms with Crippen molar-refractivity contribution >= 4 is 27.4 Å². The maximum atomic E-state index is 12.9. The van der Waals surface area contributed by atoms with Gasteiger partial charge in [0.05, 0.1) is 10.5 Å². The first-order valence-electron chi connectivity index (χ1n) is 11.1. The van der Waals surface area contributed by atoms with Crippen LogP contribution >= 0.6 is 0 Å². The average molecular weight is 443 g/mol. The van der Waals surface area contributed by atoms with E-state index >= 15 is 0 Å². The number of hydrogen-bond donors (Lipinski definition) is 1. The molecule has 1 aromatic carbocycles. The minimum Gasteiger partial charge on any atom is -0.356 e. The monoisotopic (exact) mass is 442 g/mol. The third-order valence-electron chi connectivity index (χ3n) is 6.06. The van der Waals surface area contributed by atoms with E-state index in [-0.39, 0.29) is 10.8 Å². The third kappa shape index (κ3) is 4.91. The highest BCUT2D eigenvalue weighted by Gasteiger charge is 2.28. The first kappa shape index (κ1) is 21.8. The van der Waals surface area contributed by atoms with E-state index in [9.17, 15) is 13.2 Å². The standard InChI is InChI=1S/C23H30N4O3S/c1-18-7-6-16-27(17-18)31(29,30)20-11-9-19(10-12-20)25-23(28)21-8-5-13-24-22(21)26-14-3-2-4-15-26/h5,8-13,18H,2-4,6-7,14-17H2,1H3,(H,25,28). The molecule has 2 aromatic rings. The SMILES string of the molecule is CC1CCCN(S(=O)(=O)c2ccc(NC(=O)c3cccnc3N3CCCCC3)cc2)C1. The molecule has 0 bridgehead atoms. The average Bonchev–Trinajstić information content (AvgIpc) is 2.80. The normalized spacial score (nSPS) is 20.4. The van der Waals surface area contributed by atoms with Crippen LogP contribution in [0.25, 0.3) is 0 Å². The zero-order chi connectivity index (χ0) is 21.8. The predicted octanol–water partition coefficient (Wildman–Crippen LogP) is 3.74. The Bertz CT molecular complexity index is 1020. The van der Waals surface area contributed by atoms with Crippen LogP contribution in [0.1, 0.15) is 49.4 Å². The molecule has 2 fully saturated rings. The van der Waals surface area contributed by atoms with Crippen molar-refractivity contribution in [1.82, 2.24) is 9.29 Å². The van der Waals surface area contributed by atoms with Crippen molar-refractivity contribution in [1.29, 1.82) is 0 Å². The van der Waals surface area contributed by atoms with Gasteiger partial charge in [0.15, 0.2) is 0 Å². The van der Waals surface area contributed by atoms with Crippen LogP contribution in [0, 0.1) is 5.92 Å². The quantitative estimate of drug-likeness (QED) is 0.763. The van der Waals surface area contributed by atoms with E-state index < -0.39 is 10.0 Å². The molecule has 2 aliphatic rings. The second-order valence-electron chi connectivity index (χ2n) is 8.51. The van der Waals surface area contributed by atoms with Crippen molar-refractivity contribution < 1.29 is 13.2 Å². The van der Waals surface area contributed by atoms with Gasteiger partial charge in [-0.3, -0.25) is 4.79 Å². The summed E-state index contributed by atoms with van der Waals surface area (Å²) in [4.78, 5) is 19.8. The number of aromatic nitrogens is 1. The molecule has 2 aliphatic heterocycles. The van der Waals surface area contributed by atoms with E-state index in [1.165, 1.54) is 6.42 Å². The maximum Gasteiger partial charge on any atom is 0.259 e. The minimum absolute atomic E-state index is 0.242. The summed E-state index contributed by atoms with van der Waals surface area (Å²) in [6.07, 6.45) is 7.06. The second kappa shape index (κ2) is 9.36. The Labute approximate surface area is 184 Å². The fourth-order valence-corrected chi connectivity index (χ4v) is 5.95. The zero-order valence-electron chi connectivity index (χ0n) is 18.0. The summed E-state index contributed by atoms with van der Waals surface area (Å²) >= 11 is 0. The lowest BCUT2D eigenvalue weighted by Crippen LogP contribution is -2.39. The van der Waals surface area contributed by atoms with Crippen molar-refractivity contribution in [2.75, 3.05) is 36.4 Å². The number of carbonyl (C=O) groups excluding carboxylic acids is 1. The third-order valence-corrected chi connectivity index (χ3v) is 7.94. The summed E-state index contributed by atoms with van der Waals surface area (Å²) in [7, 11) is -3.51. The number of carbonyl (C=O) groups is 1. The van der Waals surface area contributed by atoms with Crippen LogP contribution in [-0.2, 0) is 10.0 Å². The lowest BCUT2D eigenvalue weighted by atomic mass is 10.0. The Morgan fingerprint density at radius 1 is 1.03 bits per heavy atom. The molecule has 4 rings (SSSR count). The Morgan fingerprint density at radius 3 is 2.48 bits per heavy atom. The van der Waals surface area contributed by atoms with Crippen molar-refractivity contribution in [3.05, 3.63) is 48.2 Å². The van der Waals surface area contributed by atoms with E-state index in [1.807, 2.05) is 0 Å². The topological polar surface area (TPSA) is 82.6 Å². The molecule has 8 heteroatoms. The first-order valence-corrected chi connectivity index (χ1v) is 12.5. The van der Waals surface area contributed by atoms with Crippen LogP contribution in [-0.4, -0.2) is 49.8 Å². The van der Waals surface area contributed by atoms with Gasteiger partial charge in [-0.25, -0.2) is 13.4 Å². The highest BCUT2D eigenvalue weighted by molar-refractivity contribution is 7.89. The van der Waals surface area contributed by atoms with E-state index in [0.29, 0.717) is 36.1 Å². The molecule has 31 heavy (non-hydrogen) atoms. The second-order valence-corrected chi connectivity index (χ2v) is 10.4. The smallest absolute Gasteiger partial charge is 0.259 e. The molecule has 1 aromatic heterocycles. The molecule has 0 radical (unpaired) electrons. The van der Waals surface area contributed by atoms with Gasteiger partial charge in [-0.15, -0.1) is 0 Å². The molecule has 1 atom stereocenters. The van der Waals surface area contributed by atoms with Gasteiger partial charge in [-0.2, -0.15) is 4.31 Å². The van der Waals surface area contributed by atoms with Gasteiger partial charge in [-0.05, 0) is 74.4 Å². The molecule has 0 saturated carbocycles. The van der Waals surface area contributed by atoms with Crippen LogP contribution < -0.4 is 10.2 Å². The minimum atomic E-state index is -3.51. The van der Waals surface area contributed by atoms with Gasteiger partial charge in [0, 0.05) is 38.1 Å². The molecule has 0 aliphatic carbocycles. The number of rotatable bonds is 5. The van der Waals surface area contributed by atoms with Crippen molar-refractivity contribution in [2.45, 2.75) is 43.9 Å². The van der Waals surface area contributed by atoms with Gasteiger partial charge in [-0.1, -0.05) is 6.92 Å².